The van der Waals surface area contributed by atoms with Crippen molar-refractivity contribution in [3.05, 3.63) is 0 Å². The maximum absolute atomic E-state index is 12.7. The quantitative estimate of drug-likeness (QED) is 0.0528. The minimum Gasteiger partial charge on any atom is -0.463 e. The molecule has 256 valence electrons. The Morgan fingerprint density at radius 1 is 0.636 bits per heavy atom. The van der Waals surface area contributed by atoms with E-state index < -0.39 is 98.5 Å². The van der Waals surface area contributed by atoms with Crippen molar-refractivity contribution in [2.45, 2.75) is 140 Å². The average molecular weight is 641 g/mol. The van der Waals surface area contributed by atoms with Gasteiger partial charge in [0.2, 0.25) is 6.29 Å². The molecule has 1 unspecified atom stereocenters. The lowest BCUT2D eigenvalue weighted by Crippen LogP contribution is -2.64. The zero-order valence-electron chi connectivity index (χ0n) is 25.6. The average Bonchev–Trinajstić information content (AvgIpc) is 2.97. The molecular formula is C28H48O16. The lowest BCUT2D eigenvalue weighted by Gasteiger charge is -2.45. The van der Waals surface area contributed by atoms with Crippen molar-refractivity contribution in [2.75, 3.05) is 13.2 Å². The number of rotatable bonds is 20. The van der Waals surface area contributed by atoms with E-state index in [0.29, 0.717) is 25.7 Å². The minimum absolute atomic E-state index is 0.0422. The third kappa shape index (κ3) is 12.5. The molecule has 0 aliphatic carbocycles. The third-order valence-electron chi connectivity index (χ3n) is 6.47. The molecule has 1 rings (SSSR count). The largest absolute Gasteiger partial charge is 0.463 e. The lowest BCUT2D eigenvalue weighted by molar-refractivity contribution is -0.349. The lowest BCUT2D eigenvalue weighted by atomic mass is 9.97. The van der Waals surface area contributed by atoms with Gasteiger partial charge in [0, 0.05) is 25.7 Å². The number of esters is 4. The minimum atomic E-state index is -2.39. The second-order valence-electron chi connectivity index (χ2n) is 10.3. The molecule has 0 aromatic carbocycles. The van der Waals surface area contributed by atoms with Crippen LogP contribution in [0.1, 0.15) is 79.1 Å². The van der Waals surface area contributed by atoms with Crippen LogP contribution in [0.2, 0.25) is 0 Å². The number of aliphatic hydroxyl groups is 6. The molecule has 44 heavy (non-hydrogen) atoms. The third-order valence-corrected chi connectivity index (χ3v) is 6.47. The molecule has 1 fully saturated rings. The van der Waals surface area contributed by atoms with Gasteiger partial charge in [-0.3, -0.25) is 19.2 Å². The number of ether oxygens (including phenoxy) is 6. The first-order valence-electron chi connectivity index (χ1n) is 14.9. The van der Waals surface area contributed by atoms with Gasteiger partial charge in [-0.15, -0.1) is 0 Å². The Hall–Kier alpha value is -2.44. The molecule has 16 heteroatoms. The van der Waals surface area contributed by atoms with E-state index in [1.54, 1.807) is 27.7 Å². The fraction of sp³-hybridized carbons (Fsp3) is 0.857. The predicted octanol–water partition coefficient (Wildman–Crippen LogP) is -1.04. The molecule has 0 amide bonds. The van der Waals surface area contributed by atoms with Crippen LogP contribution < -0.4 is 0 Å². The van der Waals surface area contributed by atoms with E-state index in [0.717, 1.165) is 0 Å². The highest BCUT2D eigenvalue weighted by molar-refractivity contribution is 5.72. The van der Waals surface area contributed by atoms with Crippen molar-refractivity contribution in [1.29, 1.82) is 0 Å². The zero-order chi connectivity index (χ0) is 33.4. The summed E-state index contributed by atoms with van der Waals surface area (Å²) in [5.74, 6) is -2.94. The summed E-state index contributed by atoms with van der Waals surface area (Å²) in [6.07, 6.45) is -17.7. The van der Waals surface area contributed by atoms with E-state index in [-0.39, 0.29) is 25.7 Å². The van der Waals surface area contributed by atoms with Crippen molar-refractivity contribution >= 4 is 23.9 Å². The summed E-state index contributed by atoms with van der Waals surface area (Å²) < 4.78 is 33.2. The number of carbonyl (C=O) groups is 4. The number of aliphatic hydroxyl groups excluding tert-OH is 6. The molecule has 1 aliphatic rings. The van der Waals surface area contributed by atoms with Crippen LogP contribution in [-0.2, 0) is 47.6 Å². The van der Waals surface area contributed by atoms with Gasteiger partial charge in [-0.1, -0.05) is 27.7 Å². The Balaban J connectivity index is 3.56. The number of hydrogen-bond acceptors (Lipinski definition) is 16. The van der Waals surface area contributed by atoms with Gasteiger partial charge >= 0.3 is 23.9 Å². The van der Waals surface area contributed by atoms with Crippen LogP contribution in [0.15, 0.2) is 0 Å². The van der Waals surface area contributed by atoms with E-state index in [2.05, 4.69) is 0 Å². The SMILES string of the molecule is CCCC(=O)OC[C@H]1O[C@@H](OC(O)[C@@H](O)[C@@H](O)[C@H](O)[C@H](O)CO)[C@@H](OC(=O)CCC)[C@@H](OC(=O)CCC)[C@@H]1OC(=O)CCC. The summed E-state index contributed by atoms with van der Waals surface area (Å²) >= 11 is 0. The molecule has 0 aromatic heterocycles. The Bertz CT molecular complexity index is 884. The molecule has 0 radical (unpaired) electrons. The maximum Gasteiger partial charge on any atom is 0.306 e. The molecule has 1 heterocycles. The monoisotopic (exact) mass is 640 g/mol. The van der Waals surface area contributed by atoms with Gasteiger partial charge in [-0.2, -0.15) is 0 Å². The van der Waals surface area contributed by atoms with E-state index >= 15 is 0 Å². The molecule has 10 atom stereocenters. The van der Waals surface area contributed by atoms with Crippen molar-refractivity contribution in [2.24, 2.45) is 0 Å². The summed E-state index contributed by atoms with van der Waals surface area (Å²) in [7, 11) is 0. The van der Waals surface area contributed by atoms with Gasteiger partial charge in [0.05, 0.1) is 6.61 Å². The second-order valence-corrected chi connectivity index (χ2v) is 10.3. The van der Waals surface area contributed by atoms with Crippen molar-refractivity contribution < 1.29 is 78.2 Å². The van der Waals surface area contributed by atoms with E-state index in [1.165, 1.54) is 0 Å². The van der Waals surface area contributed by atoms with Crippen LogP contribution in [0.25, 0.3) is 0 Å². The normalized spacial score (nSPS) is 25.2. The first-order chi connectivity index (χ1) is 20.8. The van der Waals surface area contributed by atoms with Crippen LogP contribution in [-0.4, -0.2) is 129 Å². The van der Waals surface area contributed by atoms with Gasteiger partial charge in [0.15, 0.2) is 24.6 Å². The van der Waals surface area contributed by atoms with Crippen molar-refractivity contribution in [1.82, 2.24) is 0 Å². The molecular weight excluding hydrogens is 592 g/mol. The molecule has 1 aliphatic heterocycles. The Labute approximate surface area is 256 Å². The summed E-state index contributed by atoms with van der Waals surface area (Å²) in [5, 5.41) is 59.9. The van der Waals surface area contributed by atoms with Crippen molar-refractivity contribution in [3.8, 4) is 0 Å². The molecule has 0 saturated carbocycles. The highest BCUT2D eigenvalue weighted by atomic mass is 16.8. The van der Waals surface area contributed by atoms with Crippen LogP contribution in [0, 0.1) is 0 Å². The van der Waals surface area contributed by atoms with Gasteiger partial charge in [-0.05, 0) is 25.7 Å². The fourth-order valence-electron chi connectivity index (χ4n) is 4.14. The molecule has 6 N–H and O–H groups in total. The first-order valence-corrected chi connectivity index (χ1v) is 14.9. The zero-order valence-corrected chi connectivity index (χ0v) is 25.6. The highest BCUT2D eigenvalue weighted by Gasteiger charge is 2.54. The summed E-state index contributed by atoms with van der Waals surface area (Å²) in [4.78, 5) is 50.2. The predicted molar refractivity (Wildman–Crippen MR) is 147 cm³/mol. The van der Waals surface area contributed by atoms with Gasteiger partial charge < -0.3 is 59.1 Å². The standard InChI is InChI=1S/C28H48O16/c1-5-9-17(31)39-14-16-24(41-18(32)10-6-2)25(42-19(33)11-7-3)26(43-20(34)12-8-4)28(40-16)44-27(38)23(37)22(36)21(35)15(30)13-29/h15-16,21-30,35-38H,5-14H2,1-4H3/t15-,16-,21-,22+,23+,24-,25+,26+,27?,28+/m1/s1. The highest BCUT2D eigenvalue weighted by Crippen LogP contribution is 2.32. The first kappa shape index (κ1) is 39.6. The van der Waals surface area contributed by atoms with Crippen LogP contribution in [0.5, 0.6) is 0 Å². The summed E-state index contributed by atoms with van der Waals surface area (Å²) in [5.41, 5.74) is 0. The summed E-state index contributed by atoms with van der Waals surface area (Å²) in [6.45, 7) is 5.32. The molecule has 0 aromatic rings. The van der Waals surface area contributed by atoms with Crippen molar-refractivity contribution in [3.63, 3.8) is 0 Å². The van der Waals surface area contributed by atoms with Crippen LogP contribution in [0.3, 0.4) is 0 Å². The number of hydrogen-bond donors (Lipinski definition) is 6. The number of carbonyl (C=O) groups excluding carboxylic acids is 4. The van der Waals surface area contributed by atoms with E-state index in [1.807, 2.05) is 0 Å². The van der Waals surface area contributed by atoms with E-state index in [4.69, 9.17) is 33.5 Å². The Morgan fingerprint density at radius 2 is 1.09 bits per heavy atom. The fourth-order valence-corrected chi connectivity index (χ4v) is 4.14. The smallest absolute Gasteiger partial charge is 0.306 e. The molecule has 0 bridgehead atoms. The van der Waals surface area contributed by atoms with Gasteiger partial charge in [-0.25, -0.2) is 0 Å². The van der Waals surface area contributed by atoms with Crippen LogP contribution >= 0.6 is 0 Å². The Morgan fingerprint density at radius 3 is 1.57 bits per heavy atom. The summed E-state index contributed by atoms with van der Waals surface area (Å²) in [6, 6.07) is 0. The van der Waals surface area contributed by atoms with Gasteiger partial charge in [0.25, 0.3) is 0 Å². The second kappa shape index (κ2) is 20.6. The molecule has 16 nitrogen and oxygen atoms in total. The van der Waals surface area contributed by atoms with Crippen LogP contribution in [0.4, 0.5) is 0 Å². The topological polar surface area (TPSA) is 245 Å². The van der Waals surface area contributed by atoms with Gasteiger partial charge in [0.1, 0.15) is 37.1 Å². The Kier molecular flexibility index (Phi) is 18.5. The molecule has 0 spiro atoms. The van der Waals surface area contributed by atoms with E-state index in [9.17, 15) is 44.7 Å². The molecule has 1 saturated heterocycles. The maximum atomic E-state index is 12.7.